The van der Waals surface area contributed by atoms with Gasteiger partial charge in [-0.25, -0.2) is 0 Å². The molecule has 1 unspecified atom stereocenters. The summed E-state index contributed by atoms with van der Waals surface area (Å²) in [5.41, 5.74) is 9.29. The highest BCUT2D eigenvalue weighted by Gasteiger charge is 2.15. The highest BCUT2D eigenvalue weighted by Crippen LogP contribution is 2.15. The zero-order valence-electron chi connectivity index (χ0n) is 10.4. The lowest BCUT2D eigenvalue weighted by Gasteiger charge is -2.11. The quantitative estimate of drug-likeness (QED) is 0.849. The molecule has 1 atom stereocenters. The Morgan fingerprint density at radius 3 is 3.00 bits per heavy atom. The molecule has 0 spiro atoms. The Kier molecular flexibility index (Phi) is 4.54. The van der Waals surface area contributed by atoms with E-state index < -0.39 is 0 Å². The predicted molar refractivity (Wildman–Crippen MR) is 67.7 cm³/mol. The second kappa shape index (κ2) is 6.15. The van der Waals surface area contributed by atoms with Crippen molar-refractivity contribution >= 4 is 0 Å². The summed E-state index contributed by atoms with van der Waals surface area (Å²) >= 11 is 0. The first-order valence-electron chi connectivity index (χ1n) is 6.23. The summed E-state index contributed by atoms with van der Waals surface area (Å²) in [6.07, 6.45) is 1.13. The molecule has 3 nitrogen and oxygen atoms in total. The van der Waals surface area contributed by atoms with E-state index in [1.807, 2.05) is 0 Å². The van der Waals surface area contributed by atoms with Crippen molar-refractivity contribution < 1.29 is 9.47 Å². The van der Waals surface area contributed by atoms with Gasteiger partial charge >= 0.3 is 0 Å². The molecular formula is C14H21NO2. The monoisotopic (exact) mass is 235 g/mol. The topological polar surface area (TPSA) is 44.5 Å². The van der Waals surface area contributed by atoms with E-state index >= 15 is 0 Å². The van der Waals surface area contributed by atoms with Crippen LogP contribution < -0.4 is 5.73 Å². The van der Waals surface area contributed by atoms with Crippen LogP contribution in [0.1, 0.15) is 23.1 Å². The van der Waals surface area contributed by atoms with E-state index in [1.165, 1.54) is 16.7 Å². The molecule has 1 aromatic rings. The van der Waals surface area contributed by atoms with Gasteiger partial charge in [0, 0.05) is 19.1 Å². The number of benzene rings is 1. The number of rotatable bonds is 5. The van der Waals surface area contributed by atoms with Gasteiger partial charge in [-0.15, -0.1) is 0 Å². The molecule has 0 amide bonds. The lowest BCUT2D eigenvalue weighted by atomic mass is 10.1. The fourth-order valence-corrected chi connectivity index (χ4v) is 2.10. The number of nitrogens with two attached hydrogens (primary N) is 1. The average Bonchev–Trinajstić information content (AvgIpc) is 2.84. The van der Waals surface area contributed by atoms with Crippen molar-refractivity contribution in [2.24, 2.45) is 11.7 Å². The molecule has 1 saturated heterocycles. The maximum absolute atomic E-state index is 5.75. The summed E-state index contributed by atoms with van der Waals surface area (Å²) in [6, 6.07) is 6.32. The molecule has 1 aliphatic rings. The first-order valence-corrected chi connectivity index (χ1v) is 6.23. The molecule has 2 N–H and O–H groups in total. The molecule has 2 rings (SSSR count). The molecule has 3 heteroatoms. The molecule has 94 valence electrons. The minimum Gasteiger partial charge on any atom is -0.381 e. The lowest BCUT2D eigenvalue weighted by Crippen LogP contribution is -2.09. The Bertz CT molecular complexity index is 359. The minimum atomic E-state index is 0.582. The molecule has 0 aromatic heterocycles. The van der Waals surface area contributed by atoms with E-state index in [9.17, 15) is 0 Å². The molecule has 0 aliphatic carbocycles. The maximum atomic E-state index is 5.75. The first-order chi connectivity index (χ1) is 8.29. The largest absolute Gasteiger partial charge is 0.381 e. The fraction of sp³-hybridized carbons (Fsp3) is 0.571. The Hall–Kier alpha value is -0.900. The van der Waals surface area contributed by atoms with E-state index in [-0.39, 0.29) is 0 Å². The van der Waals surface area contributed by atoms with Gasteiger partial charge in [0.05, 0.1) is 19.8 Å². The highest BCUT2D eigenvalue weighted by molar-refractivity contribution is 5.30. The summed E-state index contributed by atoms with van der Waals surface area (Å²) in [4.78, 5) is 0. The van der Waals surface area contributed by atoms with E-state index in [2.05, 4.69) is 25.1 Å². The molecule has 0 radical (unpaired) electrons. The Morgan fingerprint density at radius 1 is 1.47 bits per heavy atom. The van der Waals surface area contributed by atoms with Crippen LogP contribution in [-0.4, -0.2) is 19.8 Å². The number of hydrogen-bond donors (Lipinski definition) is 1. The first kappa shape index (κ1) is 12.6. The molecule has 17 heavy (non-hydrogen) atoms. The zero-order valence-corrected chi connectivity index (χ0v) is 10.4. The maximum Gasteiger partial charge on any atom is 0.0719 e. The smallest absolute Gasteiger partial charge is 0.0719 e. The molecule has 1 heterocycles. The van der Waals surface area contributed by atoms with Gasteiger partial charge < -0.3 is 15.2 Å². The lowest BCUT2D eigenvalue weighted by molar-refractivity contribution is 0.0789. The van der Waals surface area contributed by atoms with Crippen LogP contribution in [0.3, 0.4) is 0 Å². The van der Waals surface area contributed by atoms with Crippen molar-refractivity contribution in [3.63, 3.8) is 0 Å². The third kappa shape index (κ3) is 3.53. The number of ether oxygens (including phenoxy) is 2. The van der Waals surface area contributed by atoms with Crippen LogP contribution in [0.25, 0.3) is 0 Å². The van der Waals surface area contributed by atoms with E-state index in [1.54, 1.807) is 0 Å². The molecule has 0 bridgehead atoms. The summed E-state index contributed by atoms with van der Waals surface area (Å²) in [7, 11) is 0. The third-order valence-electron chi connectivity index (χ3n) is 3.28. The molecule has 1 aliphatic heterocycles. The van der Waals surface area contributed by atoms with Crippen molar-refractivity contribution in [2.45, 2.75) is 26.5 Å². The van der Waals surface area contributed by atoms with Crippen molar-refractivity contribution in [2.75, 3.05) is 19.8 Å². The Morgan fingerprint density at radius 2 is 2.35 bits per heavy atom. The van der Waals surface area contributed by atoms with Crippen LogP contribution >= 0.6 is 0 Å². The van der Waals surface area contributed by atoms with Gasteiger partial charge in [0.1, 0.15) is 0 Å². The van der Waals surface area contributed by atoms with Crippen LogP contribution in [0.15, 0.2) is 18.2 Å². The van der Waals surface area contributed by atoms with Crippen LogP contribution in [0.2, 0.25) is 0 Å². The van der Waals surface area contributed by atoms with Gasteiger partial charge in [0.25, 0.3) is 0 Å². The number of aryl methyl sites for hydroxylation is 1. The van der Waals surface area contributed by atoms with Crippen molar-refractivity contribution in [3.8, 4) is 0 Å². The molecule has 1 fully saturated rings. The van der Waals surface area contributed by atoms with E-state index in [4.69, 9.17) is 15.2 Å². The summed E-state index contributed by atoms with van der Waals surface area (Å²) in [5.74, 6) is 0.582. The zero-order chi connectivity index (χ0) is 12.1. The van der Waals surface area contributed by atoms with Gasteiger partial charge in [-0.2, -0.15) is 0 Å². The van der Waals surface area contributed by atoms with Crippen LogP contribution in [0.5, 0.6) is 0 Å². The second-order valence-electron chi connectivity index (χ2n) is 4.71. The van der Waals surface area contributed by atoms with Crippen molar-refractivity contribution in [3.05, 3.63) is 34.9 Å². The molecule has 1 aromatic carbocycles. The van der Waals surface area contributed by atoms with Crippen molar-refractivity contribution in [1.29, 1.82) is 0 Å². The Balaban J connectivity index is 1.81. The van der Waals surface area contributed by atoms with Gasteiger partial charge in [-0.05, 0) is 30.0 Å². The van der Waals surface area contributed by atoms with Gasteiger partial charge in [0.2, 0.25) is 0 Å². The summed E-state index contributed by atoms with van der Waals surface area (Å²) in [5, 5.41) is 0. The normalized spacial score (nSPS) is 19.8. The van der Waals surface area contributed by atoms with Crippen LogP contribution in [0, 0.1) is 12.8 Å². The molecule has 0 saturated carbocycles. The van der Waals surface area contributed by atoms with Gasteiger partial charge in [0.15, 0.2) is 0 Å². The van der Waals surface area contributed by atoms with Crippen LogP contribution in [-0.2, 0) is 22.6 Å². The minimum absolute atomic E-state index is 0.582. The molecular weight excluding hydrogens is 214 g/mol. The third-order valence-corrected chi connectivity index (χ3v) is 3.28. The van der Waals surface area contributed by atoms with Crippen molar-refractivity contribution in [1.82, 2.24) is 0 Å². The van der Waals surface area contributed by atoms with E-state index in [0.717, 1.165) is 26.2 Å². The van der Waals surface area contributed by atoms with Crippen LogP contribution in [0.4, 0.5) is 0 Å². The number of hydrogen-bond acceptors (Lipinski definition) is 3. The van der Waals surface area contributed by atoms with Gasteiger partial charge in [-0.3, -0.25) is 0 Å². The summed E-state index contributed by atoms with van der Waals surface area (Å²) < 4.78 is 11.1. The average molecular weight is 235 g/mol. The standard InChI is InChI=1S/C14H21NO2/c1-11-6-12(7-15)2-3-14(11)10-17-9-13-4-5-16-8-13/h2-3,6,13H,4-5,7-10,15H2,1H3. The SMILES string of the molecule is Cc1cc(CN)ccc1COCC1CCOC1. The summed E-state index contributed by atoms with van der Waals surface area (Å²) in [6.45, 7) is 5.94. The Labute approximate surface area is 103 Å². The second-order valence-corrected chi connectivity index (χ2v) is 4.71. The fourth-order valence-electron chi connectivity index (χ4n) is 2.10. The highest BCUT2D eigenvalue weighted by atomic mass is 16.5. The van der Waals surface area contributed by atoms with E-state index in [0.29, 0.717) is 19.1 Å². The predicted octanol–water partition coefficient (Wildman–Crippen LogP) is 2.01. The van der Waals surface area contributed by atoms with Gasteiger partial charge in [-0.1, -0.05) is 18.2 Å².